The standard InChI is InChI=1S/C22H22ClNO2S/c1-2-3-4-8-15-24-21(25)19(16-9-6-5-7-10-16)20(22(24)26)27-18-13-11-17(23)12-14-18/h5-7,9-14H,2-4,8,15H2,1H3. The molecule has 0 aliphatic carbocycles. The van der Waals surface area contributed by atoms with E-state index in [1.807, 2.05) is 42.5 Å². The maximum absolute atomic E-state index is 13.0. The van der Waals surface area contributed by atoms with Crippen molar-refractivity contribution < 1.29 is 9.59 Å². The van der Waals surface area contributed by atoms with E-state index >= 15 is 0 Å². The third-order valence-corrected chi connectivity index (χ3v) is 5.80. The van der Waals surface area contributed by atoms with Crippen LogP contribution in [0.15, 0.2) is 64.4 Å². The van der Waals surface area contributed by atoms with Gasteiger partial charge in [0.15, 0.2) is 0 Å². The highest BCUT2D eigenvalue weighted by atomic mass is 35.5. The summed E-state index contributed by atoms with van der Waals surface area (Å²) in [6.45, 7) is 2.61. The van der Waals surface area contributed by atoms with E-state index in [4.69, 9.17) is 11.6 Å². The van der Waals surface area contributed by atoms with Gasteiger partial charge in [0, 0.05) is 16.5 Å². The van der Waals surface area contributed by atoms with Crippen LogP contribution in [0.5, 0.6) is 0 Å². The third-order valence-electron chi connectivity index (χ3n) is 4.46. The predicted octanol–water partition coefficient (Wildman–Crippen LogP) is 5.79. The highest BCUT2D eigenvalue weighted by Crippen LogP contribution is 2.40. The molecular formula is C22H22ClNO2S. The quantitative estimate of drug-likeness (QED) is 0.416. The van der Waals surface area contributed by atoms with Gasteiger partial charge in [-0.05, 0) is 36.2 Å². The van der Waals surface area contributed by atoms with Gasteiger partial charge in [-0.3, -0.25) is 14.5 Å². The fourth-order valence-corrected chi connectivity index (χ4v) is 4.17. The van der Waals surface area contributed by atoms with Gasteiger partial charge in [-0.1, -0.05) is 79.9 Å². The molecule has 1 aliphatic heterocycles. The minimum atomic E-state index is -0.199. The Labute approximate surface area is 169 Å². The number of imide groups is 1. The smallest absolute Gasteiger partial charge is 0.268 e. The summed E-state index contributed by atoms with van der Waals surface area (Å²) in [5.41, 5.74) is 1.28. The molecule has 27 heavy (non-hydrogen) atoms. The van der Waals surface area contributed by atoms with Crippen molar-refractivity contribution in [2.24, 2.45) is 0 Å². The molecule has 0 fully saturated rings. The van der Waals surface area contributed by atoms with E-state index in [1.165, 1.54) is 16.7 Å². The molecule has 0 unspecified atom stereocenters. The number of rotatable bonds is 8. The molecule has 2 amide bonds. The highest BCUT2D eigenvalue weighted by molar-refractivity contribution is 8.04. The third kappa shape index (κ3) is 4.63. The van der Waals surface area contributed by atoms with Crippen molar-refractivity contribution in [2.75, 3.05) is 6.54 Å². The molecular weight excluding hydrogens is 378 g/mol. The van der Waals surface area contributed by atoms with Crippen molar-refractivity contribution in [1.82, 2.24) is 4.90 Å². The lowest BCUT2D eigenvalue weighted by Crippen LogP contribution is -2.32. The van der Waals surface area contributed by atoms with Gasteiger partial charge in [0.2, 0.25) is 0 Å². The summed E-state index contributed by atoms with van der Waals surface area (Å²) in [6, 6.07) is 16.7. The second kappa shape index (κ2) is 9.25. The average Bonchev–Trinajstić information content (AvgIpc) is 2.91. The molecule has 0 bridgehead atoms. The van der Waals surface area contributed by atoms with E-state index in [0.29, 0.717) is 22.0 Å². The number of amides is 2. The van der Waals surface area contributed by atoms with Crippen LogP contribution < -0.4 is 0 Å². The molecule has 5 heteroatoms. The summed E-state index contributed by atoms with van der Waals surface area (Å²) in [4.78, 5) is 28.9. The lowest BCUT2D eigenvalue weighted by Gasteiger charge is -2.14. The van der Waals surface area contributed by atoms with Crippen LogP contribution >= 0.6 is 23.4 Å². The summed E-state index contributed by atoms with van der Waals surface area (Å²) < 4.78 is 0. The fraction of sp³-hybridized carbons (Fsp3) is 0.273. The van der Waals surface area contributed by atoms with Crippen molar-refractivity contribution in [3.8, 4) is 0 Å². The Kier molecular flexibility index (Phi) is 6.75. The summed E-state index contributed by atoms with van der Waals surface area (Å²) in [5.74, 6) is -0.394. The van der Waals surface area contributed by atoms with E-state index in [0.717, 1.165) is 36.1 Å². The van der Waals surface area contributed by atoms with Crippen molar-refractivity contribution >= 4 is 40.8 Å². The van der Waals surface area contributed by atoms with Gasteiger partial charge in [-0.2, -0.15) is 0 Å². The topological polar surface area (TPSA) is 37.4 Å². The molecule has 2 aromatic carbocycles. The first kappa shape index (κ1) is 19.7. The van der Waals surface area contributed by atoms with Gasteiger partial charge in [0.05, 0.1) is 10.5 Å². The van der Waals surface area contributed by atoms with Gasteiger partial charge in [-0.15, -0.1) is 0 Å². The van der Waals surface area contributed by atoms with Gasteiger partial charge in [-0.25, -0.2) is 0 Å². The second-order valence-electron chi connectivity index (χ2n) is 6.45. The number of carbonyl (C=O) groups is 2. The molecule has 0 saturated heterocycles. The molecule has 0 atom stereocenters. The second-order valence-corrected chi connectivity index (χ2v) is 7.97. The number of carbonyl (C=O) groups excluding carboxylic acids is 2. The molecule has 0 radical (unpaired) electrons. The summed E-state index contributed by atoms with van der Waals surface area (Å²) in [5, 5.41) is 0.642. The number of benzene rings is 2. The van der Waals surface area contributed by atoms with Crippen LogP contribution in [0, 0.1) is 0 Å². The van der Waals surface area contributed by atoms with Gasteiger partial charge in [0.1, 0.15) is 0 Å². The Morgan fingerprint density at radius 3 is 2.26 bits per heavy atom. The molecule has 2 aromatic rings. The molecule has 0 saturated carbocycles. The highest BCUT2D eigenvalue weighted by Gasteiger charge is 2.38. The van der Waals surface area contributed by atoms with Gasteiger partial charge < -0.3 is 0 Å². The number of hydrogen-bond donors (Lipinski definition) is 0. The molecule has 140 valence electrons. The van der Waals surface area contributed by atoms with Crippen LogP contribution in [0.2, 0.25) is 5.02 Å². The maximum atomic E-state index is 13.0. The number of unbranched alkanes of at least 4 members (excludes halogenated alkanes) is 3. The average molecular weight is 400 g/mol. The zero-order valence-corrected chi connectivity index (χ0v) is 16.9. The van der Waals surface area contributed by atoms with Crippen LogP contribution in [0.25, 0.3) is 5.57 Å². The summed E-state index contributed by atoms with van der Waals surface area (Å²) in [7, 11) is 0. The van der Waals surface area contributed by atoms with Crippen molar-refractivity contribution in [3.63, 3.8) is 0 Å². The Morgan fingerprint density at radius 1 is 0.889 bits per heavy atom. The number of halogens is 1. The maximum Gasteiger partial charge on any atom is 0.268 e. The molecule has 1 heterocycles. The zero-order chi connectivity index (χ0) is 19.2. The van der Waals surface area contributed by atoms with Crippen molar-refractivity contribution in [2.45, 2.75) is 37.5 Å². The normalized spacial score (nSPS) is 14.4. The molecule has 0 spiro atoms. The van der Waals surface area contributed by atoms with Gasteiger partial charge >= 0.3 is 0 Å². The summed E-state index contributed by atoms with van der Waals surface area (Å²) in [6.07, 6.45) is 4.09. The number of thioether (sulfide) groups is 1. The Balaban J connectivity index is 1.90. The molecule has 3 nitrogen and oxygen atoms in total. The number of nitrogens with zero attached hydrogens (tertiary/aromatic N) is 1. The molecule has 1 aliphatic rings. The lowest BCUT2D eigenvalue weighted by atomic mass is 10.1. The van der Waals surface area contributed by atoms with Crippen molar-refractivity contribution in [1.29, 1.82) is 0 Å². The molecule has 0 N–H and O–H groups in total. The van der Waals surface area contributed by atoms with Crippen LogP contribution in [-0.4, -0.2) is 23.3 Å². The van der Waals surface area contributed by atoms with Crippen LogP contribution in [0.1, 0.15) is 38.2 Å². The van der Waals surface area contributed by atoms with E-state index in [9.17, 15) is 9.59 Å². The minimum absolute atomic E-state index is 0.195. The molecule has 3 rings (SSSR count). The van der Waals surface area contributed by atoms with Crippen LogP contribution in [0.4, 0.5) is 0 Å². The SMILES string of the molecule is CCCCCCN1C(=O)C(Sc2ccc(Cl)cc2)=C(c2ccccc2)C1=O. The van der Waals surface area contributed by atoms with Crippen molar-refractivity contribution in [3.05, 3.63) is 70.1 Å². The van der Waals surface area contributed by atoms with E-state index < -0.39 is 0 Å². The monoisotopic (exact) mass is 399 g/mol. The first-order valence-electron chi connectivity index (χ1n) is 9.21. The first-order chi connectivity index (χ1) is 13.1. The van der Waals surface area contributed by atoms with Crippen LogP contribution in [0.3, 0.4) is 0 Å². The minimum Gasteiger partial charge on any atom is -0.274 e. The Morgan fingerprint density at radius 2 is 1.59 bits per heavy atom. The van der Waals surface area contributed by atoms with E-state index in [1.54, 1.807) is 12.1 Å². The predicted molar refractivity (Wildman–Crippen MR) is 112 cm³/mol. The largest absolute Gasteiger partial charge is 0.274 e. The fourth-order valence-electron chi connectivity index (χ4n) is 3.03. The number of hydrogen-bond acceptors (Lipinski definition) is 3. The van der Waals surface area contributed by atoms with Gasteiger partial charge in [0.25, 0.3) is 11.8 Å². The Bertz CT molecular complexity index is 846. The zero-order valence-electron chi connectivity index (χ0n) is 15.3. The van der Waals surface area contributed by atoms with Crippen LogP contribution in [-0.2, 0) is 9.59 Å². The first-order valence-corrected chi connectivity index (χ1v) is 10.4. The van der Waals surface area contributed by atoms with E-state index in [-0.39, 0.29) is 11.8 Å². The Hall–Kier alpha value is -2.04. The molecule has 0 aromatic heterocycles. The van der Waals surface area contributed by atoms with E-state index in [2.05, 4.69) is 6.92 Å². The lowest BCUT2D eigenvalue weighted by molar-refractivity contribution is -0.136. The summed E-state index contributed by atoms with van der Waals surface area (Å²) >= 11 is 7.29.